The van der Waals surface area contributed by atoms with Crippen molar-refractivity contribution < 1.29 is 27.5 Å². The SMILES string of the molecule is CNC(O)c1ccc(N2C(=S)N(c3ccc(C#N)c(C(F)(F)F)c3)C(=O)C23CCCC3)cc1F. The number of thiocarbonyl (C=S) groups is 1. The van der Waals surface area contributed by atoms with Gasteiger partial charge in [-0.2, -0.15) is 18.4 Å². The fourth-order valence-corrected chi connectivity index (χ4v) is 5.16. The number of aliphatic hydroxyl groups is 1. The maximum Gasteiger partial charge on any atom is 0.417 e. The Balaban J connectivity index is 1.82. The molecule has 1 atom stereocenters. The number of rotatable bonds is 4. The van der Waals surface area contributed by atoms with Crippen LogP contribution in [0.2, 0.25) is 0 Å². The van der Waals surface area contributed by atoms with E-state index in [9.17, 15) is 27.5 Å². The van der Waals surface area contributed by atoms with E-state index in [1.807, 2.05) is 0 Å². The maximum absolute atomic E-state index is 14.8. The highest BCUT2D eigenvalue weighted by atomic mass is 32.1. The summed E-state index contributed by atoms with van der Waals surface area (Å²) in [4.78, 5) is 16.2. The van der Waals surface area contributed by atoms with Gasteiger partial charge in [-0.1, -0.05) is 18.9 Å². The van der Waals surface area contributed by atoms with Crippen LogP contribution >= 0.6 is 12.2 Å². The number of amides is 1. The van der Waals surface area contributed by atoms with E-state index in [1.165, 1.54) is 36.2 Å². The Labute approximate surface area is 198 Å². The Bertz CT molecular complexity index is 1200. The molecule has 2 fully saturated rings. The second-order valence-electron chi connectivity index (χ2n) is 8.23. The number of carbonyl (C=O) groups is 1. The Morgan fingerprint density at radius 2 is 1.82 bits per heavy atom. The van der Waals surface area contributed by atoms with Gasteiger partial charge in [0, 0.05) is 11.3 Å². The third-order valence-electron chi connectivity index (χ3n) is 6.34. The van der Waals surface area contributed by atoms with E-state index in [1.54, 1.807) is 0 Å². The minimum atomic E-state index is -4.80. The molecule has 1 saturated carbocycles. The van der Waals surface area contributed by atoms with Crippen molar-refractivity contribution in [3.05, 3.63) is 58.9 Å². The summed E-state index contributed by atoms with van der Waals surface area (Å²) < 4.78 is 55.4. The predicted molar refractivity (Wildman–Crippen MR) is 120 cm³/mol. The number of benzene rings is 2. The minimum Gasteiger partial charge on any atom is -0.374 e. The number of hydrogen-bond acceptors (Lipinski definition) is 5. The van der Waals surface area contributed by atoms with Gasteiger partial charge in [0.15, 0.2) is 5.11 Å². The highest BCUT2D eigenvalue weighted by Gasteiger charge is 2.57. The van der Waals surface area contributed by atoms with E-state index < -0.39 is 40.8 Å². The van der Waals surface area contributed by atoms with Gasteiger partial charge < -0.3 is 10.0 Å². The number of hydrogen-bond donors (Lipinski definition) is 2. The van der Waals surface area contributed by atoms with Gasteiger partial charge in [0.05, 0.1) is 22.9 Å². The molecule has 1 saturated heterocycles. The van der Waals surface area contributed by atoms with Gasteiger partial charge in [-0.15, -0.1) is 0 Å². The number of alkyl halides is 3. The minimum absolute atomic E-state index is 0.00179. The summed E-state index contributed by atoms with van der Waals surface area (Å²) in [6, 6.07) is 8.54. The molecule has 2 aromatic carbocycles. The quantitative estimate of drug-likeness (QED) is 0.375. The molecule has 6 nitrogen and oxygen atoms in total. The second-order valence-corrected chi connectivity index (χ2v) is 8.60. The van der Waals surface area contributed by atoms with E-state index in [2.05, 4.69) is 5.32 Å². The van der Waals surface area contributed by atoms with Gasteiger partial charge in [-0.05, 0) is 62.4 Å². The molecule has 1 aliphatic heterocycles. The van der Waals surface area contributed by atoms with Crippen molar-refractivity contribution in [3.8, 4) is 6.07 Å². The smallest absolute Gasteiger partial charge is 0.374 e. The van der Waals surface area contributed by atoms with E-state index >= 15 is 0 Å². The molecule has 2 aliphatic rings. The average molecular weight is 492 g/mol. The van der Waals surface area contributed by atoms with Gasteiger partial charge >= 0.3 is 6.18 Å². The molecular weight excluding hydrogens is 472 g/mol. The molecule has 178 valence electrons. The normalized spacial score (nSPS) is 18.6. The molecule has 0 bridgehead atoms. The lowest BCUT2D eigenvalue weighted by Crippen LogP contribution is -2.47. The first-order valence-corrected chi connectivity index (χ1v) is 10.9. The van der Waals surface area contributed by atoms with Gasteiger partial charge in [0.25, 0.3) is 5.91 Å². The highest BCUT2D eigenvalue weighted by Crippen LogP contribution is 2.47. The zero-order valence-electron chi connectivity index (χ0n) is 18.0. The fraction of sp³-hybridized carbons (Fsp3) is 0.348. The van der Waals surface area contributed by atoms with Crippen molar-refractivity contribution in [2.75, 3.05) is 16.8 Å². The van der Waals surface area contributed by atoms with Crippen molar-refractivity contribution in [1.29, 1.82) is 5.26 Å². The van der Waals surface area contributed by atoms with Gasteiger partial charge in [-0.25, -0.2) is 4.39 Å². The summed E-state index contributed by atoms with van der Waals surface area (Å²) in [6.45, 7) is 0. The molecule has 1 heterocycles. The number of anilines is 2. The first-order chi connectivity index (χ1) is 16.0. The lowest BCUT2D eigenvalue weighted by atomic mass is 9.94. The number of nitriles is 1. The third kappa shape index (κ3) is 3.72. The molecule has 34 heavy (non-hydrogen) atoms. The van der Waals surface area contributed by atoms with Crippen LogP contribution in [-0.2, 0) is 11.0 Å². The van der Waals surface area contributed by atoms with Crippen LogP contribution in [-0.4, -0.2) is 28.7 Å². The van der Waals surface area contributed by atoms with E-state index in [0.717, 1.165) is 23.1 Å². The summed E-state index contributed by atoms with van der Waals surface area (Å²) in [6.07, 6.45) is -3.86. The van der Waals surface area contributed by atoms with Crippen LogP contribution in [0, 0.1) is 17.1 Å². The maximum atomic E-state index is 14.8. The number of aliphatic hydroxyl groups excluding tert-OH is 1. The van der Waals surface area contributed by atoms with Crippen molar-refractivity contribution in [1.82, 2.24) is 5.32 Å². The molecule has 0 aromatic heterocycles. The first-order valence-electron chi connectivity index (χ1n) is 10.5. The average Bonchev–Trinajstić information content (AvgIpc) is 3.36. The van der Waals surface area contributed by atoms with Gasteiger partial charge in [0.1, 0.15) is 17.6 Å². The van der Waals surface area contributed by atoms with Gasteiger partial charge in [-0.3, -0.25) is 15.0 Å². The van der Waals surface area contributed by atoms with E-state index in [-0.39, 0.29) is 22.1 Å². The molecule has 1 spiro atoms. The Morgan fingerprint density at radius 1 is 1.18 bits per heavy atom. The molecular formula is C23H20F4N4O2S. The predicted octanol–water partition coefficient (Wildman–Crippen LogP) is 4.38. The second kappa shape index (κ2) is 8.61. The number of nitrogens with one attached hydrogen (secondary N) is 1. The van der Waals surface area contributed by atoms with Crippen LogP contribution in [0.15, 0.2) is 36.4 Å². The summed E-state index contributed by atoms with van der Waals surface area (Å²) >= 11 is 5.56. The first kappa shape index (κ1) is 24.1. The third-order valence-corrected chi connectivity index (χ3v) is 6.71. The Kier molecular flexibility index (Phi) is 6.10. The monoisotopic (exact) mass is 492 g/mol. The molecule has 1 amide bonds. The van der Waals surface area contributed by atoms with Crippen molar-refractivity contribution in [2.45, 2.75) is 43.6 Å². The van der Waals surface area contributed by atoms with Crippen LogP contribution < -0.4 is 15.1 Å². The largest absolute Gasteiger partial charge is 0.417 e. The van der Waals surface area contributed by atoms with E-state index in [0.29, 0.717) is 25.7 Å². The lowest BCUT2D eigenvalue weighted by Gasteiger charge is -2.33. The Hall–Kier alpha value is -3.07. The number of nitrogens with zero attached hydrogens (tertiary/aromatic N) is 3. The van der Waals surface area contributed by atoms with Crippen LogP contribution in [0.4, 0.5) is 28.9 Å². The van der Waals surface area contributed by atoms with Crippen molar-refractivity contribution in [2.24, 2.45) is 0 Å². The summed E-state index contributed by atoms with van der Waals surface area (Å²) in [7, 11) is 1.46. The van der Waals surface area contributed by atoms with Crippen molar-refractivity contribution in [3.63, 3.8) is 0 Å². The lowest BCUT2D eigenvalue weighted by molar-refractivity contribution is -0.137. The zero-order valence-corrected chi connectivity index (χ0v) is 18.8. The topological polar surface area (TPSA) is 79.6 Å². The van der Waals surface area contributed by atoms with Crippen LogP contribution in [0.3, 0.4) is 0 Å². The highest BCUT2D eigenvalue weighted by molar-refractivity contribution is 7.81. The summed E-state index contributed by atoms with van der Waals surface area (Å²) in [5.74, 6) is -1.22. The van der Waals surface area contributed by atoms with Crippen LogP contribution in [0.5, 0.6) is 0 Å². The Morgan fingerprint density at radius 3 is 2.38 bits per heavy atom. The molecule has 2 aromatic rings. The number of halogens is 4. The molecule has 2 N–H and O–H groups in total. The summed E-state index contributed by atoms with van der Waals surface area (Å²) in [5, 5.41) is 21.5. The van der Waals surface area contributed by atoms with Crippen molar-refractivity contribution >= 4 is 34.6 Å². The van der Waals surface area contributed by atoms with E-state index in [4.69, 9.17) is 17.5 Å². The van der Waals surface area contributed by atoms with Gasteiger partial charge in [0.2, 0.25) is 0 Å². The fourth-order valence-electron chi connectivity index (χ4n) is 4.69. The molecule has 0 radical (unpaired) electrons. The zero-order chi connectivity index (χ0) is 24.8. The molecule has 4 rings (SSSR count). The molecule has 1 unspecified atom stereocenters. The van der Waals surface area contributed by atoms with Crippen LogP contribution in [0.1, 0.15) is 48.6 Å². The number of carbonyl (C=O) groups excluding carboxylic acids is 1. The van der Waals surface area contributed by atoms with Crippen LogP contribution in [0.25, 0.3) is 0 Å². The molecule has 1 aliphatic carbocycles. The summed E-state index contributed by atoms with van der Waals surface area (Å²) in [5.41, 5.74) is -2.74. The molecule has 11 heteroatoms. The standard InChI is InChI=1S/C23H20F4N4O2S/c1-29-19(32)16-7-6-15(11-18(16)24)31-21(34)30(20(33)22(31)8-2-3-9-22)14-5-4-13(12-28)17(10-14)23(25,26)27/h4-7,10-11,19,29,32H,2-3,8-9H2,1H3.